The van der Waals surface area contributed by atoms with Crippen LogP contribution >= 0.6 is 0 Å². The lowest BCUT2D eigenvalue weighted by atomic mass is 9.90. The number of nitrogens with zero attached hydrogens (tertiary/aromatic N) is 1. The first-order valence-corrected chi connectivity index (χ1v) is 6.66. The summed E-state index contributed by atoms with van der Waals surface area (Å²) in [6.45, 7) is 5.94. The molecule has 4 heteroatoms. The summed E-state index contributed by atoms with van der Waals surface area (Å²) < 4.78 is 0. The number of carbonyl (C=O) groups excluding carboxylic acids is 1. The molecule has 0 amide bonds. The number of likely N-dealkylation sites (tertiary alicyclic amines) is 1. The number of terminal acetylenes is 1. The zero-order chi connectivity index (χ0) is 13.7. The number of likely N-dealkylation sites (N-methyl/N-ethyl adjacent to an activating group) is 1. The lowest BCUT2D eigenvalue weighted by molar-refractivity contribution is -0.121. The van der Waals surface area contributed by atoms with Crippen molar-refractivity contribution in [1.82, 2.24) is 10.4 Å². The SMILES string of the molecule is C#CONC(CC)[C@H]1[C@H](CC)C[C@H](C(C)=O)N1C. The van der Waals surface area contributed by atoms with E-state index in [9.17, 15) is 4.79 Å². The number of Topliss-reactive ketones (excluding diaryl/α,β-unsaturated/α-hetero) is 1. The van der Waals surface area contributed by atoms with E-state index in [2.05, 4.69) is 30.3 Å². The maximum absolute atomic E-state index is 11.7. The van der Waals surface area contributed by atoms with E-state index in [0.29, 0.717) is 12.0 Å². The van der Waals surface area contributed by atoms with Crippen LogP contribution in [0.4, 0.5) is 0 Å². The van der Waals surface area contributed by atoms with Gasteiger partial charge in [0.15, 0.2) is 0 Å². The van der Waals surface area contributed by atoms with Gasteiger partial charge in [0.25, 0.3) is 0 Å². The standard InChI is InChI=1S/C14H24N2O2/c1-6-11-9-13(10(4)17)16(5)14(11)12(7-2)15-18-8-3/h3,11-15H,6-7,9H2,1-2,4-5H3/t11-,12?,13-,14-/m1/s1. The fraction of sp³-hybridized carbons (Fsp3) is 0.786. The minimum absolute atomic E-state index is 0.0293. The van der Waals surface area contributed by atoms with Crippen LogP contribution in [-0.2, 0) is 9.63 Å². The molecular weight excluding hydrogens is 228 g/mol. The Balaban J connectivity index is 2.82. The van der Waals surface area contributed by atoms with Gasteiger partial charge in [-0.1, -0.05) is 26.7 Å². The summed E-state index contributed by atoms with van der Waals surface area (Å²) in [4.78, 5) is 18.7. The van der Waals surface area contributed by atoms with Gasteiger partial charge in [0, 0.05) is 6.04 Å². The Morgan fingerprint density at radius 1 is 1.61 bits per heavy atom. The summed E-state index contributed by atoms with van der Waals surface area (Å²) in [6.07, 6.45) is 10.2. The second kappa shape index (κ2) is 6.77. The van der Waals surface area contributed by atoms with Gasteiger partial charge in [0.1, 0.15) is 11.9 Å². The van der Waals surface area contributed by atoms with Gasteiger partial charge in [0.05, 0.1) is 12.1 Å². The van der Waals surface area contributed by atoms with Gasteiger partial charge in [-0.2, -0.15) is 0 Å². The first-order valence-electron chi connectivity index (χ1n) is 6.66. The Hall–Kier alpha value is -1.05. The first-order chi connectivity index (χ1) is 8.56. The normalized spacial score (nSPS) is 29.8. The van der Waals surface area contributed by atoms with Gasteiger partial charge in [-0.3, -0.25) is 9.69 Å². The first kappa shape index (κ1) is 15.0. The summed E-state index contributed by atoms with van der Waals surface area (Å²) >= 11 is 0. The third kappa shape index (κ3) is 3.04. The third-order valence-corrected chi connectivity index (χ3v) is 4.09. The average molecular weight is 252 g/mol. The molecule has 0 saturated carbocycles. The molecule has 1 rings (SSSR count). The Kier molecular flexibility index (Phi) is 5.64. The van der Waals surface area contributed by atoms with Crippen molar-refractivity contribution in [1.29, 1.82) is 0 Å². The van der Waals surface area contributed by atoms with Crippen molar-refractivity contribution in [3.05, 3.63) is 0 Å². The predicted molar refractivity (Wildman–Crippen MR) is 71.6 cm³/mol. The number of hydrogen-bond donors (Lipinski definition) is 1. The number of carbonyl (C=O) groups is 1. The van der Waals surface area contributed by atoms with E-state index < -0.39 is 0 Å². The van der Waals surface area contributed by atoms with Crippen molar-refractivity contribution in [3.8, 4) is 12.5 Å². The quantitative estimate of drug-likeness (QED) is 0.575. The Labute approximate surface area is 110 Å². The minimum Gasteiger partial charge on any atom is -0.356 e. The zero-order valence-corrected chi connectivity index (χ0v) is 11.8. The van der Waals surface area contributed by atoms with Crippen LogP contribution < -0.4 is 5.48 Å². The second-order valence-electron chi connectivity index (χ2n) is 5.04. The van der Waals surface area contributed by atoms with Crippen LogP contribution in [0.3, 0.4) is 0 Å². The second-order valence-corrected chi connectivity index (χ2v) is 5.04. The molecule has 18 heavy (non-hydrogen) atoms. The van der Waals surface area contributed by atoms with Crippen molar-refractivity contribution in [2.75, 3.05) is 7.05 Å². The molecule has 1 aliphatic rings. The number of hydroxylamine groups is 1. The van der Waals surface area contributed by atoms with Crippen molar-refractivity contribution < 1.29 is 9.63 Å². The van der Waals surface area contributed by atoms with E-state index in [0.717, 1.165) is 19.3 Å². The summed E-state index contributed by atoms with van der Waals surface area (Å²) in [7, 11) is 2.02. The van der Waals surface area contributed by atoms with Crippen LogP contribution in [0, 0.1) is 18.4 Å². The lowest BCUT2D eigenvalue weighted by Gasteiger charge is -2.32. The zero-order valence-electron chi connectivity index (χ0n) is 11.8. The van der Waals surface area contributed by atoms with Crippen molar-refractivity contribution >= 4 is 5.78 Å². The van der Waals surface area contributed by atoms with Gasteiger partial charge in [-0.15, -0.1) is 5.48 Å². The fourth-order valence-electron chi connectivity index (χ4n) is 3.11. The molecule has 0 aromatic rings. The van der Waals surface area contributed by atoms with Crippen LogP contribution in [0.2, 0.25) is 0 Å². The Bertz CT molecular complexity index is 324. The van der Waals surface area contributed by atoms with Gasteiger partial charge >= 0.3 is 0 Å². The minimum atomic E-state index is 0.0293. The van der Waals surface area contributed by atoms with Gasteiger partial charge in [-0.25, -0.2) is 0 Å². The van der Waals surface area contributed by atoms with Crippen molar-refractivity contribution in [2.24, 2.45) is 5.92 Å². The van der Waals surface area contributed by atoms with Crippen LogP contribution in [0.1, 0.15) is 40.0 Å². The van der Waals surface area contributed by atoms with E-state index in [1.54, 1.807) is 6.92 Å². The smallest absolute Gasteiger partial charge is 0.146 e. The summed E-state index contributed by atoms with van der Waals surface area (Å²) in [5.41, 5.74) is 2.93. The van der Waals surface area contributed by atoms with E-state index >= 15 is 0 Å². The number of ketones is 1. The maximum Gasteiger partial charge on any atom is 0.146 e. The van der Waals surface area contributed by atoms with E-state index in [4.69, 9.17) is 11.3 Å². The molecule has 0 radical (unpaired) electrons. The molecule has 4 atom stereocenters. The highest BCUT2D eigenvalue weighted by atomic mass is 16.6. The van der Waals surface area contributed by atoms with Crippen molar-refractivity contribution in [2.45, 2.75) is 58.2 Å². The van der Waals surface area contributed by atoms with Gasteiger partial charge < -0.3 is 4.84 Å². The molecule has 102 valence electrons. The molecular formula is C14H24N2O2. The van der Waals surface area contributed by atoms with E-state index in [1.165, 1.54) is 0 Å². The van der Waals surface area contributed by atoms with Gasteiger partial charge in [0.2, 0.25) is 0 Å². The van der Waals surface area contributed by atoms with E-state index in [1.807, 2.05) is 7.05 Å². The third-order valence-electron chi connectivity index (χ3n) is 4.09. The maximum atomic E-state index is 11.7. The number of hydrogen-bond acceptors (Lipinski definition) is 4. The summed E-state index contributed by atoms with van der Waals surface area (Å²) in [6, 6.07) is 0.476. The number of nitrogens with one attached hydrogen (secondary N) is 1. The monoisotopic (exact) mass is 252 g/mol. The highest BCUT2D eigenvalue weighted by Crippen LogP contribution is 2.34. The lowest BCUT2D eigenvalue weighted by Crippen LogP contribution is -2.50. The molecule has 0 aromatic carbocycles. The van der Waals surface area contributed by atoms with Crippen LogP contribution in [0.25, 0.3) is 0 Å². The highest BCUT2D eigenvalue weighted by Gasteiger charge is 2.43. The van der Waals surface area contributed by atoms with Crippen molar-refractivity contribution in [3.63, 3.8) is 0 Å². The predicted octanol–water partition coefficient (Wildman–Crippen LogP) is 1.56. The van der Waals surface area contributed by atoms with E-state index in [-0.39, 0.29) is 17.9 Å². The molecule has 1 N–H and O–H groups in total. The molecule has 1 saturated heterocycles. The molecule has 4 nitrogen and oxygen atoms in total. The molecule has 1 fully saturated rings. The van der Waals surface area contributed by atoms with Crippen LogP contribution in [0.15, 0.2) is 0 Å². The molecule has 1 aliphatic heterocycles. The Morgan fingerprint density at radius 2 is 2.28 bits per heavy atom. The topological polar surface area (TPSA) is 41.6 Å². The highest BCUT2D eigenvalue weighted by molar-refractivity contribution is 5.81. The molecule has 1 heterocycles. The summed E-state index contributed by atoms with van der Waals surface area (Å²) in [5.74, 6) is 0.744. The fourth-order valence-corrected chi connectivity index (χ4v) is 3.11. The van der Waals surface area contributed by atoms with Crippen LogP contribution in [0.5, 0.6) is 0 Å². The summed E-state index contributed by atoms with van der Waals surface area (Å²) in [5, 5.41) is 0. The molecule has 0 aliphatic carbocycles. The molecule has 1 unspecified atom stereocenters. The molecule has 0 spiro atoms. The Morgan fingerprint density at radius 3 is 2.72 bits per heavy atom. The largest absolute Gasteiger partial charge is 0.356 e. The average Bonchev–Trinajstić information content (AvgIpc) is 2.68. The number of rotatable bonds is 6. The van der Waals surface area contributed by atoms with Crippen LogP contribution in [-0.4, -0.2) is 35.9 Å². The van der Waals surface area contributed by atoms with Gasteiger partial charge in [-0.05, 0) is 32.7 Å². The molecule has 0 aromatic heterocycles. The molecule has 0 bridgehead atoms.